The normalized spacial score (nSPS) is 11.0. The average Bonchev–Trinajstić information content (AvgIpc) is 2.01. The highest BCUT2D eigenvalue weighted by molar-refractivity contribution is 5.47. The maximum atomic E-state index is 13.4. The van der Waals surface area contributed by atoms with Gasteiger partial charge in [-0.25, -0.2) is 9.24 Å². The van der Waals surface area contributed by atoms with Crippen LogP contribution in [0.15, 0.2) is 18.2 Å². The monoisotopic (exact) mass is 177 g/mol. The van der Waals surface area contributed by atoms with Gasteiger partial charge in [-0.2, -0.15) is 0 Å². The Hall–Kier alpha value is -1.36. The molecule has 1 aromatic carbocycles. The third-order valence-corrected chi connectivity index (χ3v) is 1.89. The van der Waals surface area contributed by atoms with Gasteiger partial charge in [0.1, 0.15) is 5.82 Å². The molecular weight excluding hydrogens is 165 g/mol. The largest absolute Gasteiger partial charge is 0.238 e. The van der Waals surface area contributed by atoms with Crippen molar-refractivity contribution in [2.45, 2.75) is 26.2 Å². The molecule has 0 radical (unpaired) electrons. The molecule has 0 bridgehead atoms. The lowest BCUT2D eigenvalue weighted by Gasteiger charge is -2.19. The van der Waals surface area contributed by atoms with Gasteiger partial charge in [0.2, 0.25) is 0 Å². The molecule has 1 nitrogen and oxygen atoms in total. The first-order valence-corrected chi connectivity index (χ1v) is 4.12. The van der Waals surface area contributed by atoms with Crippen LogP contribution in [0.2, 0.25) is 0 Å². The quantitative estimate of drug-likeness (QED) is 0.532. The van der Waals surface area contributed by atoms with Crippen molar-refractivity contribution in [3.05, 3.63) is 41.0 Å². The molecule has 0 aliphatic rings. The fraction of sp³-hybridized carbons (Fsp3) is 0.364. The van der Waals surface area contributed by atoms with Crippen molar-refractivity contribution < 1.29 is 4.39 Å². The van der Waals surface area contributed by atoms with Crippen LogP contribution in [-0.4, -0.2) is 0 Å². The second-order valence-electron chi connectivity index (χ2n) is 4.03. The van der Waals surface area contributed by atoms with E-state index >= 15 is 0 Å². The first kappa shape index (κ1) is 9.73. The zero-order chi connectivity index (χ0) is 10.1. The number of hydrogen-bond acceptors (Lipinski definition) is 0. The van der Waals surface area contributed by atoms with Crippen LogP contribution in [0.1, 0.15) is 26.3 Å². The van der Waals surface area contributed by atoms with E-state index in [1.165, 1.54) is 6.07 Å². The van der Waals surface area contributed by atoms with Gasteiger partial charge in [-0.1, -0.05) is 32.9 Å². The molecule has 0 aliphatic heterocycles. The molecule has 1 rings (SSSR count). The summed E-state index contributed by atoms with van der Waals surface area (Å²) >= 11 is 0. The van der Waals surface area contributed by atoms with Crippen LogP contribution < -0.4 is 0 Å². The first-order chi connectivity index (χ1) is 5.95. The molecule has 0 N–H and O–H groups in total. The second kappa shape index (κ2) is 3.18. The molecule has 0 fully saturated rings. The summed E-state index contributed by atoms with van der Waals surface area (Å²) in [6.07, 6.45) is 0. The van der Waals surface area contributed by atoms with Crippen molar-refractivity contribution in [2.24, 2.45) is 0 Å². The van der Waals surface area contributed by atoms with Gasteiger partial charge in [0.15, 0.2) is 5.69 Å². The van der Waals surface area contributed by atoms with E-state index in [1.54, 1.807) is 12.1 Å². The summed E-state index contributed by atoms with van der Waals surface area (Å²) in [5.74, 6) is -0.291. The number of benzene rings is 1. The molecule has 1 aromatic rings. The topological polar surface area (TPSA) is 4.36 Å². The Labute approximate surface area is 78.0 Å². The fourth-order valence-electron chi connectivity index (χ4n) is 1.18. The first-order valence-electron chi connectivity index (χ1n) is 4.12. The Morgan fingerprint density at radius 3 is 2.31 bits per heavy atom. The lowest BCUT2D eigenvalue weighted by Crippen LogP contribution is -2.13. The predicted octanol–water partition coefficient (Wildman–Crippen LogP) is 3.67. The van der Waals surface area contributed by atoms with Crippen LogP contribution in [0.3, 0.4) is 0 Å². The van der Waals surface area contributed by atoms with E-state index in [0.29, 0.717) is 11.3 Å². The van der Waals surface area contributed by atoms with Crippen molar-refractivity contribution in [3.63, 3.8) is 0 Å². The molecule has 0 aromatic heterocycles. The third-order valence-electron chi connectivity index (χ3n) is 1.89. The minimum atomic E-state index is -0.291. The molecule has 0 saturated heterocycles. The van der Waals surface area contributed by atoms with Crippen LogP contribution in [0.25, 0.3) is 4.85 Å². The summed E-state index contributed by atoms with van der Waals surface area (Å²) in [5.41, 5.74) is 0.801. The zero-order valence-corrected chi connectivity index (χ0v) is 8.06. The van der Waals surface area contributed by atoms with Gasteiger partial charge in [-0.15, -0.1) is 0 Å². The van der Waals surface area contributed by atoms with Crippen molar-refractivity contribution in [3.8, 4) is 0 Å². The minimum Gasteiger partial charge on any atom is -0.238 e. The van der Waals surface area contributed by atoms with Crippen LogP contribution in [0, 0.1) is 12.4 Å². The maximum Gasteiger partial charge on any atom is 0.190 e. The van der Waals surface area contributed by atoms with Gasteiger partial charge in [-0.05, 0) is 17.0 Å². The predicted molar refractivity (Wildman–Crippen MR) is 51.4 cm³/mol. The van der Waals surface area contributed by atoms with E-state index in [1.807, 2.05) is 20.8 Å². The van der Waals surface area contributed by atoms with Gasteiger partial charge < -0.3 is 0 Å². The third kappa shape index (κ3) is 2.06. The molecule has 0 heterocycles. The van der Waals surface area contributed by atoms with Crippen LogP contribution in [0.5, 0.6) is 0 Å². The van der Waals surface area contributed by atoms with Crippen molar-refractivity contribution in [2.75, 3.05) is 0 Å². The Kier molecular flexibility index (Phi) is 2.38. The summed E-state index contributed by atoms with van der Waals surface area (Å²) in [6.45, 7) is 12.6. The molecule has 2 heteroatoms. The van der Waals surface area contributed by atoms with E-state index in [2.05, 4.69) is 4.85 Å². The summed E-state index contributed by atoms with van der Waals surface area (Å²) in [6, 6.07) is 4.62. The van der Waals surface area contributed by atoms with Crippen LogP contribution in [0.4, 0.5) is 10.1 Å². The Morgan fingerprint density at radius 2 is 1.92 bits per heavy atom. The molecule has 0 saturated carbocycles. The molecule has 0 aliphatic carbocycles. The van der Waals surface area contributed by atoms with Crippen LogP contribution in [-0.2, 0) is 5.41 Å². The number of hydrogen-bond donors (Lipinski definition) is 0. The van der Waals surface area contributed by atoms with E-state index in [0.717, 1.165) is 0 Å². The van der Waals surface area contributed by atoms with E-state index in [-0.39, 0.29) is 11.2 Å². The van der Waals surface area contributed by atoms with Gasteiger partial charge >= 0.3 is 0 Å². The lowest BCUT2D eigenvalue weighted by atomic mass is 9.86. The molecule has 0 amide bonds. The van der Waals surface area contributed by atoms with Gasteiger partial charge in [-0.3, -0.25) is 0 Å². The van der Waals surface area contributed by atoms with E-state index in [9.17, 15) is 4.39 Å². The summed E-state index contributed by atoms with van der Waals surface area (Å²) in [7, 11) is 0. The standard InChI is InChI=1S/C11H12FN/c1-11(2,3)9-6-5-8(13-4)7-10(9)12/h5-7H,1-3H3. The Balaban J connectivity index is 3.23. The summed E-state index contributed by atoms with van der Waals surface area (Å²) in [4.78, 5) is 3.16. The van der Waals surface area contributed by atoms with Gasteiger partial charge in [0.05, 0.1) is 6.57 Å². The Bertz CT molecular complexity index is 355. The average molecular weight is 177 g/mol. The Morgan fingerprint density at radius 1 is 1.31 bits per heavy atom. The smallest absolute Gasteiger partial charge is 0.190 e. The minimum absolute atomic E-state index is 0.204. The number of rotatable bonds is 0. The molecule has 0 unspecified atom stereocenters. The highest BCUT2D eigenvalue weighted by atomic mass is 19.1. The second-order valence-corrected chi connectivity index (χ2v) is 4.03. The number of halogens is 1. The summed E-state index contributed by atoms with van der Waals surface area (Å²) in [5, 5.41) is 0. The molecule has 13 heavy (non-hydrogen) atoms. The molecule has 0 atom stereocenters. The molecular formula is C11H12FN. The summed E-state index contributed by atoms with van der Waals surface area (Å²) < 4.78 is 13.4. The molecule has 0 spiro atoms. The highest BCUT2D eigenvalue weighted by Gasteiger charge is 2.17. The van der Waals surface area contributed by atoms with Crippen LogP contribution >= 0.6 is 0 Å². The van der Waals surface area contributed by atoms with Crippen molar-refractivity contribution in [1.82, 2.24) is 0 Å². The lowest BCUT2D eigenvalue weighted by molar-refractivity contribution is 0.523. The van der Waals surface area contributed by atoms with Gasteiger partial charge in [0, 0.05) is 0 Å². The van der Waals surface area contributed by atoms with E-state index in [4.69, 9.17) is 6.57 Å². The van der Waals surface area contributed by atoms with Crippen molar-refractivity contribution in [1.29, 1.82) is 0 Å². The maximum absolute atomic E-state index is 13.4. The molecule has 68 valence electrons. The zero-order valence-electron chi connectivity index (χ0n) is 8.06. The van der Waals surface area contributed by atoms with E-state index < -0.39 is 0 Å². The number of nitrogens with zero attached hydrogens (tertiary/aromatic N) is 1. The highest BCUT2D eigenvalue weighted by Crippen LogP contribution is 2.27. The van der Waals surface area contributed by atoms with Gasteiger partial charge in [0.25, 0.3) is 0 Å². The van der Waals surface area contributed by atoms with Crippen molar-refractivity contribution >= 4 is 5.69 Å². The fourth-order valence-corrected chi connectivity index (χ4v) is 1.18. The SMILES string of the molecule is [C-]#[N+]c1ccc(C(C)(C)C)c(F)c1.